The van der Waals surface area contributed by atoms with E-state index in [0.717, 1.165) is 71.3 Å². The van der Waals surface area contributed by atoms with Gasteiger partial charge in [-0.1, -0.05) is 48.4 Å². The summed E-state index contributed by atoms with van der Waals surface area (Å²) >= 11 is 6.72. The number of carboxylic acid groups (broad SMARTS) is 1. The van der Waals surface area contributed by atoms with E-state index >= 15 is 4.39 Å². The topological polar surface area (TPSA) is 97.1 Å². The van der Waals surface area contributed by atoms with Crippen molar-refractivity contribution in [3.63, 3.8) is 0 Å². The van der Waals surface area contributed by atoms with E-state index in [2.05, 4.69) is 5.10 Å². The quantitative estimate of drug-likeness (QED) is 0.117. The number of amides is 2. The highest BCUT2D eigenvalue weighted by molar-refractivity contribution is 6.32. The molecule has 9 nitrogen and oxygen atoms in total. The van der Waals surface area contributed by atoms with Crippen molar-refractivity contribution in [2.24, 2.45) is 5.92 Å². The van der Waals surface area contributed by atoms with Crippen LogP contribution in [0, 0.1) is 17.7 Å². The zero-order valence-electron chi connectivity index (χ0n) is 28.7. The molecule has 1 aliphatic carbocycles. The van der Waals surface area contributed by atoms with Crippen molar-refractivity contribution < 1.29 is 33.0 Å². The molecule has 2 heterocycles. The molecule has 2 fully saturated rings. The number of hydrogen-bond acceptors (Lipinski definition) is 5. The molecule has 1 N–H and O–H groups in total. The Morgan fingerprint density at radius 2 is 1.78 bits per heavy atom. The van der Waals surface area contributed by atoms with E-state index in [1.165, 1.54) is 29.2 Å². The molecule has 2 amide bonds. The molecule has 6 rings (SSSR count). The Labute approximate surface area is 300 Å². The molecule has 1 atom stereocenters. The normalized spacial score (nSPS) is 16.9. The van der Waals surface area contributed by atoms with E-state index in [-0.39, 0.29) is 37.7 Å². The summed E-state index contributed by atoms with van der Waals surface area (Å²) in [6, 6.07) is 17.5. The molecule has 268 valence electrons. The standard InChI is InChI=1S/C39H41ClF2N4O5/c1-44(2)34(47)9-6-19-45(39(48)49)20-22-50-29-15-11-26(12-16-29)36(37(25-7-5-8-25)30-17-14-28(41)24-32(30)40)27-13-18-33-31(23-27)38(42)43-46(33)35-10-3-4-21-51-35/h6,9,11-18,23-25,35H,3-5,7-8,10,19-22H2,1-2H3,(H,48,49). The smallest absolute Gasteiger partial charge is 0.407 e. The molecule has 0 bridgehead atoms. The molecule has 2 aliphatic rings. The lowest BCUT2D eigenvalue weighted by molar-refractivity contribution is -0.123. The van der Waals surface area contributed by atoms with E-state index in [9.17, 15) is 19.1 Å². The second-order valence-corrected chi connectivity index (χ2v) is 13.5. The summed E-state index contributed by atoms with van der Waals surface area (Å²) in [5.41, 5.74) is 4.76. The van der Waals surface area contributed by atoms with Gasteiger partial charge in [0.05, 0.1) is 22.5 Å². The number of fused-ring (bicyclic) bond motifs is 1. The van der Waals surface area contributed by atoms with E-state index in [4.69, 9.17) is 21.1 Å². The Morgan fingerprint density at radius 3 is 2.43 bits per heavy atom. The maximum absolute atomic E-state index is 15.5. The summed E-state index contributed by atoms with van der Waals surface area (Å²) in [4.78, 5) is 26.1. The number of nitrogens with zero attached hydrogens (tertiary/aromatic N) is 4. The van der Waals surface area contributed by atoms with Gasteiger partial charge in [-0.3, -0.25) is 4.79 Å². The summed E-state index contributed by atoms with van der Waals surface area (Å²) < 4.78 is 43.3. The number of likely N-dealkylation sites (N-methyl/N-ethyl adjacent to an activating group) is 1. The van der Waals surface area contributed by atoms with Crippen LogP contribution in [0.2, 0.25) is 5.02 Å². The number of ether oxygens (including phenoxy) is 2. The van der Waals surface area contributed by atoms with Gasteiger partial charge in [-0.05, 0) is 102 Å². The average Bonchev–Trinajstić information content (AvgIpc) is 3.43. The number of allylic oxidation sites excluding steroid dienone is 1. The largest absolute Gasteiger partial charge is 0.492 e. The first kappa shape index (κ1) is 36.1. The number of hydrogen-bond donors (Lipinski definition) is 1. The van der Waals surface area contributed by atoms with Crippen molar-refractivity contribution in [1.82, 2.24) is 19.6 Å². The van der Waals surface area contributed by atoms with Crippen molar-refractivity contribution >= 4 is 45.7 Å². The number of benzene rings is 3. The van der Waals surface area contributed by atoms with Crippen molar-refractivity contribution in [2.75, 3.05) is 40.4 Å². The number of aromatic nitrogens is 2. The first-order valence-corrected chi connectivity index (χ1v) is 17.6. The number of halogens is 3. The third-order valence-corrected chi connectivity index (χ3v) is 9.77. The maximum atomic E-state index is 15.5. The van der Waals surface area contributed by atoms with E-state index in [1.807, 2.05) is 30.3 Å². The zero-order chi connectivity index (χ0) is 36.1. The van der Waals surface area contributed by atoms with E-state index in [0.29, 0.717) is 28.3 Å². The summed E-state index contributed by atoms with van der Waals surface area (Å²) in [5, 5.41) is 14.5. The third kappa shape index (κ3) is 8.26. The molecular formula is C39H41ClF2N4O5. The summed E-state index contributed by atoms with van der Waals surface area (Å²) in [5.74, 6) is -0.560. The predicted molar refractivity (Wildman–Crippen MR) is 193 cm³/mol. The second kappa shape index (κ2) is 16.1. The van der Waals surface area contributed by atoms with Crippen LogP contribution in [0.3, 0.4) is 0 Å². The van der Waals surface area contributed by atoms with Crippen LogP contribution in [0.25, 0.3) is 22.0 Å². The van der Waals surface area contributed by atoms with Crippen LogP contribution in [-0.4, -0.2) is 77.1 Å². The second-order valence-electron chi connectivity index (χ2n) is 13.1. The Hall–Kier alpha value is -4.74. The predicted octanol–water partition coefficient (Wildman–Crippen LogP) is 8.43. The van der Waals surface area contributed by atoms with Crippen molar-refractivity contribution in [1.29, 1.82) is 0 Å². The van der Waals surface area contributed by atoms with E-state index < -0.39 is 17.9 Å². The Balaban J connectivity index is 1.33. The Morgan fingerprint density at radius 1 is 1.02 bits per heavy atom. The molecule has 0 spiro atoms. The monoisotopic (exact) mass is 718 g/mol. The highest BCUT2D eigenvalue weighted by atomic mass is 35.5. The van der Waals surface area contributed by atoms with Gasteiger partial charge in [-0.25, -0.2) is 13.9 Å². The van der Waals surface area contributed by atoms with Gasteiger partial charge in [0.2, 0.25) is 11.9 Å². The fraction of sp³-hybridized carbons (Fsp3) is 0.359. The molecule has 1 unspecified atom stereocenters. The Bertz CT molecular complexity index is 1950. The van der Waals surface area contributed by atoms with Crippen LogP contribution in [-0.2, 0) is 9.53 Å². The first-order valence-electron chi connectivity index (χ1n) is 17.2. The highest BCUT2D eigenvalue weighted by Crippen LogP contribution is 2.47. The van der Waals surface area contributed by atoms with Gasteiger partial charge in [0.15, 0.2) is 6.23 Å². The van der Waals surface area contributed by atoms with Crippen molar-refractivity contribution in [3.8, 4) is 5.75 Å². The molecule has 51 heavy (non-hydrogen) atoms. The Kier molecular flexibility index (Phi) is 11.4. The number of rotatable bonds is 12. The minimum Gasteiger partial charge on any atom is -0.492 e. The molecule has 12 heteroatoms. The van der Waals surface area contributed by atoms with Crippen LogP contribution in [0.4, 0.5) is 13.6 Å². The molecule has 0 radical (unpaired) electrons. The molecule has 3 aromatic carbocycles. The van der Waals surface area contributed by atoms with Gasteiger partial charge in [0, 0.05) is 33.3 Å². The maximum Gasteiger partial charge on any atom is 0.407 e. The molecule has 1 saturated heterocycles. The SMILES string of the molecule is CN(C)C(=O)C=CCN(CCOc1ccc(C(=C(c2ccc(F)cc2Cl)C2CCC2)c2ccc3c(c2)c(F)nn3C2CCCCO2)cc1)C(=O)O. The lowest BCUT2D eigenvalue weighted by Crippen LogP contribution is -2.33. The van der Waals surface area contributed by atoms with Crippen LogP contribution in [0.15, 0.2) is 72.8 Å². The molecular weight excluding hydrogens is 678 g/mol. The molecule has 4 aromatic rings. The molecule has 1 saturated carbocycles. The van der Waals surface area contributed by atoms with Crippen LogP contribution in [0.1, 0.15) is 61.4 Å². The minimum atomic E-state index is -1.13. The zero-order valence-corrected chi connectivity index (χ0v) is 29.4. The molecule has 1 aliphatic heterocycles. The number of carbonyl (C=O) groups is 2. The van der Waals surface area contributed by atoms with Gasteiger partial charge in [-0.2, -0.15) is 4.39 Å². The molecule has 1 aromatic heterocycles. The van der Waals surface area contributed by atoms with Crippen molar-refractivity contribution in [2.45, 2.75) is 44.8 Å². The van der Waals surface area contributed by atoms with Crippen molar-refractivity contribution in [3.05, 3.63) is 106 Å². The van der Waals surface area contributed by atoms with E-state index in [1.54, 1.807) is 37.0 Å². The van der Waals surface area contributed by atoms with Gasteiger partial charge in [-0.15, -0.1) is 5.10 Å². The highest BCUT2D eigenvalue weighted by Gasteiger charge is 2.29. The van der Waals surface area contributed by atoms with Crippen LogP contribution < -0.4 is 4.74 Å². The summed E-state index contributed by atoms with van der Waals surface area (Å²) in [7, 11) is 3.24. The van der Waals surface area contributed by atoms with Gasteiger partial charge in [0.1, 0.15) is 18.2 Å². The summed E-state index contributed by atoms with van der Waals surface area (Å²) in [6.07, 6.45) is 7.00. The van der Waals surface area contributed by atoms with Crippen LogP contribution >= 0.6 is 11.6 Å². The minimum absolute atomic E-state index is 0.0405. The van der Waals surface area contributed by atoms with Gasteiger partial charge in [0.25, 0.3) is 0 Å². The third-order valence-electron chi connectivity index (χ3n) is 9.45. The lowest BCUT2D eigenvalue weighted by atomic mass is 9.73. The summed E-state index contributed by atoms with van der Waals surface area (Å²) in [6.45, 7) is 0.824. The van der Waals surface area contributed by atoms with Gasteiger partial charge >= 0.3 is 6.09 Å². The average molecular weight is 719 g/mol. The lowest BCUT2D eigenvalue weighted by Gasteiger charge is -2.32. The fourth-order valence-electron chi connectivity index (χ4n) is 6.52. The fourth-order valence-corrected chi connectivity index (χ4v) is 6.79. The van der Waals surface area contributed by atoms with Gasteiger partial charge < -0.3 is 24.4 Å². The van der Waals surface area contributed by atoms with Crippen LogP contribution in [0.5, 0.6) is 5.75 Å². The number of carbonyl (C=O) groups excluding carboxylic acids is 1. The first-order chi connectivity index (χ1) is 24.6.